The molecule has 1 atom stereocenters. The van der Waals surface area contributed by atoms with E-state index < -0.39 is 6.04 Å². The summed E-state index contributed by atoms with van der Waals surface area (Å²) in [4.78, 5) is 28.4. The number of amides is 2. The van der Waals surface area contributed by atoms with Crippen molar-refractivity contribution in [3.8, 4) is 6.07 Å². The van der Waals surface area contributed by atoms with Crippen LogP contribution in [0.3, 0.4) is 0 Å². The average molecular weight is 333 g/mol. The number of piperazine rings is 1. The van der Waals surface area contributed by atoms with Crippen molar-refractivity contribution < 1.29 is 9.59 Å². The van der Waals surface area contributed by atoms with E-state index in [0.29, 0.717) is 18.5 Å². The van der Waals surface area contributed by atoms with E-state index in [4.69, 9.17) is 5.26 Å². The van der Waals surface area contributed by atoms with E-state index in [1.807, 2.05) is 36.4 Å². The molecule has 0 unspecified atom stereocenters. The van der Waals surface area contributed by atoms with E-state index >= 15 is 0 Å². The molecule has 126 valence electrons. The van der Waals surface area contributed by atoms with E-state index in [9.17, 15) is 9.59 Å². The monoisotopic (exact) mass is 333 g/mol. The summed E-state index contributed by atoms with van der Waals surface area (Å²) < 4.78 is 0. The fourth-order valence-electron chi connectivity index (χ4n) is 3.10. The Labute approximate surface area is 147 Å². The Morgan fingerprint density at radius 2 is 1.80 bits per heavy atom. The van der Waals surface area contributed by atoms with Crippen LogP contribution in [0.1, 0.15) is 16.7 Å². The summed E-state index contributed by atoms with van der Waals surface area (Å²) in [5, 5.41) is 9.05. The molecule has 1 aliphatic rings. The standard InChI is InChI=1S/C20H19N3O2/c1-22-14-19(24)23(13-17-9-5-8-16(10-17)12-21)18(20(22)25)11-15-6-3-2-4-7-15/h2-10,18H,11,13-14H2,1H3/t18-/m1/s1. The molecule has 3 rings (SSSR count). The van der Waals surface area contributed by atoms with Gasteiger partial charge in [0.05, 0.1) is 18.2 Å². The van der Waals surface area contributed by atoms with Gasteiger partial charge in [0.2, 0.25) is 11.8 Å². The number of rotatable bonds is 4. The topological polar surface area (TPSA) is 64.4 Å². The molecule has 0 aliphatic carbocycles. The molecule has 2 aromatic rings. The number of likely N-dealkylation sites (N-methyl/N-ethyl adjacent to an activating group) is 1. The van der Waals surface area contributed by atoms with Crippen LogP contribution in [0.25, 0.3) is 0 Å². The van der Waals surface area contributed by atoms with Crippen molar-refractivity contribution in [2.75, 3.05) is 13.6 Å². The van der Waals surface area contributed by atoms with Crippen LogP contribution in [0.2, 0.25) is 0 Å². The van der Waals surface area contributed by atoms with E-state index in [-0.39, 0.29) is 18.4 Å². The molecule has 1 aliphatic heterocycles. The zero-order chi connectivity index (χ0) is 17.8. The zero-order valence-electron chi connectivity index (χ0n) is 14.1. The van der Waals surface area contributed by atoms with Crippen LogP contribution in [-0.2, 0) is 22.6 Å². The second kappa shape index (κ2) is 7.18. The molecule has 5 nitrogen and oxygen atoms in total. The van der Waals surface area contributed by atoms with Crippen molar-refractivity contribution >= 4 is 11.8 Å². The minimum absolute atomic E-state index is 0.0557. The molecule has 2 amide bonds. The van der Waals surface area contributed by atoms with Gasteiger partial charge in [-0.05, 0) is 23.3 Å². The molecule has 5 heteroatoms. The minimum Gasteiger partial charge on any atom is -0.335 e. The SMILES string of the molecule is CN1CC(=O)N(Cc2cccc(C#N)c2)[C@H](Cc2ccccc2)C1=O. The molecule has 0 radical (unpaired) electrons. The van der Waals surface area contributed by atoms with E-state index in [1.54, 1.807) is 30.1 Å². The molecule has 1 fully saturated rings. The van der Waals surface area contributed by atoms with Gasteiger partial charge in [-0.15, -0.1) is 0 Å². The molecule has 2 aromatic carbocycles. The first kappa shape index (κ1) is 16.7. The molecule has 1 saturated heterocycles. The van der Waals surface area contributed by atoms with Crippen molar-refractivity contribution in [2.24, 2.45) is 0 Å². The number of benzene rings is 2. The molecular formula is C20H19N3O2. The van der Waals surface area contributed by atoms with Crippen LogP contribution in [0.4, 0.5) is 0 Å². The Morgan fingerprint density at radius 3 is 2.52 bits per heavy atom. The van der Waals surface area contributed by atoms with Crippen LogP contribution >= 0.6 is 0 Å². The first-order valence-corrected chi connectivity index (χ1v) is 8.16. The van der Waals surface area contributed by atoms with E-state index in [0.717, 1.165) is 11.1 Å². The molecular weight excluding hydrogens is 314 g/mol. The number of hydrogen-bond acceptors (Lipinski definition) is 3. The van der Waals surface area contributed by atoms with E-state index in [2.05, 4.69) is 6.07 Å². The summed E-state index contributed by atoms with van der Waals surface area (Å²) in [6, 6.07) is 18.4. The van der Waals surface area contributed by atoms with Crippen molar-refractivity contribution in [3.05, 3.63) is 71.3 Å². The van der Waals surface area contributed by atoms with Gasteiger partial charge in [-0.1, -0.05) is 42.5 Å². The summed E-state index contributed by atoms with van der Waals surface area (Å²) >= 11 is 0. The summed E-state index contributed by atoms with van der Waals surface area (Å²) in [7, 11) is 1.66. The smallest absolute Gasteiger partial charge is 0.245 e. The quantitative estimate of drug-likeness (QED) is 0.859. The van der Waals surface area contributed by atoms with Crippen LogP contribution in [0, 0.1) is 11.3 Å². The normalized spacial score (nSPS) is 17.5. The fourth-order valence-corrected chi connectivity index (χ4v) is 3.10. The van der Waals surface area contributed by atoms with E-state index in [1.165, 1.54) is 4.90 Å². The molecule has 1 heterocycles. The Bertz CT molecular complexity index is 826. The number of nitrogens with zero attached hydrogens (tertiary/aromatic N) is 3. The Balaban J connectivity index is 1.88. The minimum atomic E-state index is -0.528. The second-order valence-corrected chi connectivity index (χ2v) is 6.23. The third-order valence-corrected chi connectivity index (χ3v) is 4.41. The highest BCUT2D eigenvalue weighted by Gasteiger charge is 2.37. The highest BCUT2D eigenvalue weighted by Crippen LogP contribution is 2.20. The van der Waals surface area contributed by atoms with Crippen molar-refractivity contribution in [3.63, 3.8) is 0 Å². The third kappa shape index (κ3) is 3.69. The van der Waals surface area contributed by atoms with Crippen LogP contribution in [0.15, 0.2) is 54.6 Å². The lowest BCUT2D eigenvalue weighted by molar-refractivity contribution is -0.155. The first-order chi connectivity index (χ1) is 12.1. The van der Waals surface area contributed by atoms with Crippen LogP contribution < -0.4 is 0 Å². The Hall–Kier alpha value is -3.13. The lowest BCUT2D eigenvalue weighted by atomic mass is 10.00. The number of hydrogen-bond donors (Lipinski definition) is 0. The molecule has 0 spiro atoms. The van der Waals surface area contributed by atoms with Gasteiger partial charge in [-0.3, -0.25) is 9.59 Å². The summed E-state index contributed by atoms with van der Waals surface area (Å²) in [5.41, 5.74) is 2.41. The molecule has 25 heavy (non-hydrogen) atoms. The van der Waals surface area contributed by atoms with Gasteiger partial charge in [-0.2, -0.15) is 5.26 Å². The molecule has 0 N–H and O–H groups in total. The lowest BCUT2D eigenvalue weighted by Gasteiger charge is -2.39. The van der Waals surface area contributed by atoms with Gasteiger partial charge in [0, 0.05) is 20.0 Å². The van der Waals surface area contributed by atoms with Crippen LogP contribution in [-0.4, -0.2) is 41.2 Å². The van der Waals surface area contributed by atoms with Gasteiger partial charge < -0.3 is 9.80 Å². The van der Waals surface area contributed by atoms with Crippen molar-refractivity contribution in [2.45, 2.75) is 19.0 Å². The molecule has 0 saturated carbocycles. The van der Waals surface area contributed by atoms with Gasteiger partial charge in [0.25, 0.3) is 0 Å². The maximum atomic E-state index is 12.7. The Kier molecular flexibility index (Phi) is 4.80. The number of nitriles is 1. The largest absolute Gasteiger partial charge is 0.335 e. The van der Waals surface area contributed by atoms with Gasteiger partial charge >= 0.3 is 0 Å². The van der Waals surface area contributed by atoms with Gasteiger partial charge in [-0.25, -0.2) is 0 Å². The maximum absolute atomic E-state index is 12.7. The highest BCUT2D eigenvalue weighted by atomic mass is 16.2. The predicted octanol–water partition coefficient (Wildman–Crippen LogP) is 1.97. The Morgan fingerprint density at radius 1 is 1.08 bits per heavy atom. The lowest BCUT2D eigenvalue weighted by Crippen LogP contribution is -2.59. The van der Waals surface area contributed by atoms with Gasteiger partial charge in [0.1, 0.15) is 6.04 Å². The highest BCUT2D eigenvalue weighted by molar-refractivity contribution is 5.94. The van der Waals surface area contributed by atoms with Gasteiger partial charge in [0.15, 0.2) is 0 Å². The average Bonchev–Trinajstić information content (AvgIpc) is 2.63. The molecule has 0 aromatic heterocycles. The second-order valence-electron chi connectivity index (χ2n) is 6.23. The van der Waals surface area contributed by atoms with Crippen molar-refractivity contribution in [1.82, 2.24) is 9.80 Å². The summed E-state index contributed by atoms with van der Waals surface area (Å²) in [6.45, 7) is 0.410. The number of carbonyl (C=O) groups is 2. The summed E-state index contributed by atoms with van der Waals surface area (Å²) in [5.74, 6) is -0.134. The zero-order valence-corrected chi connectivity index (χ0v) is 14.1. The third-order valence-electron chi connectivity index (χ3n) is 4.41. The molecule has 0 bridgehead atoms. The first-order valence-electron chi connectivity index (χ1n) is 8.16. The maximum Gasteiger partial charge on any atom is 0.245 e. The van der Waals surface area contributed by atoms with Crippen LogP contribution in [0.5, 0.6) is 0 Å². The fraction of sp³-hybridized carbons (Fsp3) is 0.250. The predicted molar refractivity (Wildman–Crippen MR) is 93.3 cm³/mol. The number of carbonyl (C=O) groups excluding carboxylic acids is 2. The van der Waals surface area contributed by atoms with Crippen molar-refractivity contribution in [1.29, 1.82) is 5.26 Å². The summed E-state index contributed by atoms with van der Waals surface area (Å²) in [6.07, 6.45) is 0.480.